The summed E-state index contributed by atoms with van der Waals surface area (Å²) in [6, 6.07) is 5.52. The first-order chi connectivity index (χ1) is 7.79. The van der Waals surface area contributed by atoms with Gasteiger partial charge in [0, 0.05) is 12.4 Å². The fourth-order valence-corrected chi connectivity index (χ4v) is 1.40. The van der Waals surface area contributed by atoms with Crippen molar-refractivity contribution in [3.05, 3.63) is 41.9 Å². The van der Waals surface area contributed by atoms with Crippen LogP contribution in [0, 0.1) is 11.3 Å². The van der Waals surface area contributed by atoms with Crippen LogP contribution in [0.25, 0.3) is 0 Å². The molecule has 5 heteroatoms. The Labute approximate surface area is 93.1 Å². The lowest BCUT2D eigenvalue weighted by Gasteiger charge is -2.09. The van der Waals surface area contributed by atoms with E-state index in [1.54, 1.807) is 24.5 Å². The lowest BCUT2D eigenvalue weighted by molar-refractivity contribution is 0.448. The van der Waals surface area contributed by atoms with Crippen molar-refractivity contribution in [3.63, 3.8) is 0 Å². The molecule has 0 saturated carbocycles. The summed E-state index contributed by atoms with van der Waals surface area (Å²) in [4.78, 5) is 7.18. The van der Waals surface area contributed by atoms with Gasteiger partial charge in [0.1, 0.15) is 17.7 Å². The Morgan fingerprint density at radius 1 is 1.62 bits per heavy atom. The summed E-state index contributed by atoms with van der Waals surface area (Å²) in [6.07, 6.45) is 3.50. The van der Waals surface area contributed by atoms with Gasteiger partial charge in [-0.3, -0.25) is 0 Å². The van der Waals surface area contributed by atoms with E-state index in [4.69, 9.17) is 9.68 Å². The third-order valence-electron chi connectivity index (χ3n) is 2.28. The predicted octanol–water partition coefficient (Wildman–Crippen LogP) is 1.73. The summed E-state index contributed by atoms with van der Waals surface area (Å²) >= 11 is 0. The van der Waals surface area contributed by atoms with E-state index in [9.17, 15) is 0 Å². The minimum absolute atomic E-state index is 0.116. The van der Waals surface area contributed by atoms with Crippen LogP contribution in [-0.4, -0.2) is 9.97 Å². The zero-order valence-corrected chi connectivity index (χ0v) is 8.90. The molecule has 0 radical (unpaired) electrons. The molecule has 82 valence electrons. The maximum atomic E-state index is 8.60. The average molecular weight is 216 g/mol. The smallest absolute Gasteiger partial charge is 0.203 e. The Morgan fingerprint density at radius 3 is 3.12 bits per heavy atom. The number of aromatic nitrogens is 2. The van der Waals surface area contributed by atoms with Gasteiger partial charge in [-0.05, 0) is 19.1 Å². The number of H-pyrrole nitrogens is 1. The van der Waals surface area contributed by atoms with Crippen LogP contribution < -0.4 is 5.32 Å². The second kappa shape index (κ2) is 4.64. The van der Waals surface area contributed by atoms with E-state index in [2.05, 4.69) is 15.3 Å². The number of aromatic amines is 1. The van der Waals surface area contributed by atoms with Gasteiger partial charge in [0.25, 0.3) is 0 Å². The van der Waals surface area contributed by atoms with E-state index in [0.29, 0.717) is 12.3 Å². The minimum Gasteiger partial charge on any atom is -0.449 e. The number of nitrogens with one attached hydrogen (secondary N) is 2. The summed E-state index contributed by atoms with van der Waals surface area (Å²) in [5, 5.41) is 11.8. The molecular formula is C11H12N4O. The maximum Gasteiger partial charge on any atom is 0.203 e. The fourth-order valence-electron chi connectivity index (χ4n) is 1.40. The van der Waals surface area contributed by atoms with Gasteiger partial charge in [0.05, 0.1) is 12.6 Å². The Morgan fingerprint density at radius 2 is 2.50 bits per heavy atom. The number of furan rings is 1. The molecule has 0 saturated heterocycles. The molecule has 0 aliphatic heterocycles. The Balaban J connectivity index is 1.90. The number of hydrogen-bond donors (Lipinski definition) is 2. The van der Waals surface area contributed by atoms with Gasteiger partial charge >= 0.3 is 0 Å². The summed E-state index contributed by atoms with van der Waals surface area (Å²) in [5.74, 6) is 1.96. The van der Waals surface area contributed by atoms with Crippen LogP contribution in [-0.2, 0) is 6.54 Å². The molecule has 1 atom stereocenters. The number of nitriles is 1. The molecule has 0 aliphatic rings. The molecule has 16 heavy (non-hydrogen) atoms. The first-order valence-corrected chi connectivity index (χ1v) is 5.01. The topological polar surface area (TPSA) is 77.6 Å². The molecule has 1 unspecified atom stereocenters. The van der Waals surface area contributed by atoms with Crippen molar-refractivity contribution in [2.24, 2.45) is 0 Å². The Hall–Kier alpha value is -2.06. The molecule has 0 aromatic carbocycles. The highest BCUT2D eigenvalue weighted by atomic mass is 16.3. The summed E-state index contributed by atoms with van der Waals surface area (Å²) in [6.45, 7) is 2.58. The lowest BCUT2D eigenvalue weighted by atomic mass is 10.3. The quantitative estimate of drug-likeness (QED) is 0.815. The van der Waals surface area contributed by atoms with Crippen molar-refractivity contribution in [1.29, 1.82) is 5.26 Å². The standard InChI is InChI=1S/C11H12N4O/c1-8(11-13-4-5-14-11)15-7-10-3-2-9(6-12)16-10/h2-5,8,15H,7H2,1H3,(H,13,14). The van der Waals surface area contributed by atoms with Gasteiger partial charge in [-0.25, -0.2) is 4.98 Å². The summed E-state index contributed by atoms with van der Waals surface area (Å²) in [7, 11) is 0. The van der Waals surface area contributed by atoms with Crippen molar-refractivity contribution in [3.8, 4) is 6.07 Å². The molecule has 5 nitrogen and oxygen atoms in total. The zero-order chi connectivity index (χ0) is 11.4. The van der Waals surface area contributed by atoms with Crippen molar-refractivity contribution in [2.75, 3.05) is 0 Å². The fraction of sp³-hybridized carbons (Fsp3) is 0.273. The monoisotopic (exact) mass is 216 g/mol. The van der Waals surface area contributed by atoms with E-state index in [-0.39, 0.29) is 6.04 Å². The van der Waals surface area contributed by atoms with Crippen LogP contribution in [0.4, 0.5) is 0 Å². The molecular weight excluding hydrogens is 204 g/mol. The van der Waals surface area contributed by atoms with Crippen LogP contribution in [0.2, 0.25) is 0 Å². The summed E-state index contributed by atoms with van der Waals surface area (Å²) < 4.78 is 5.25. The molecule has 0 fully saturated rings. The second-order valence-corrected chi connectivity index (χ2v) is 3.45. The van der Waals surface area contributed by atoms with E-state index < -0.39 is 0 Å². The van der Waals surface area contributed by atoms with Gasteiger partial charge in [0.2, 0.25) is 5.76 Å². The van der Waals surface area contributed by atoms with Crippen LogP contribution in [0.1, 0.15) is 30.3 Å². The second-order valence-electron chi connectivity index (χ2n) is 3.45. The normalized spacial score (nSPS) is 12.2. The van der Waals surface area contributed by atoms with Gasteiger partial charge in [-0.2, -0.15) is 5.26 Å². The molecule has 0 amide bonds. The van der Waals surface area contributed by atoms with Gasteiger partial charge in [-0.15, -0.1) is 0 Å². The van der Waals surface area contributed by atoms with Gasteiger partial charge in [-0.1, -0.05) is 0 Å². The lowest BCUT2D eigenvalue weighted by Crippen LogP contribution is -2.18. The average Bonchev–Trinajstić information content (AvgIpc) is 2.96. The van der Waals surface area contributed by atoms with Crippen LogP contribution >= 0.6 is 0 Å². The van der Waals surface area contributed by atoms with Gasteiger partial charge in [0.15, 0.2) is 0 Å². The largest absolute Gasteiger partial charge is 0.449 e. The SMILES string of the molecule is CC(NCc1ccc(C#N)o1)c1ncc[nH]1. The van der Waals surface area contributed by atoms with Crippen LogP contribution in [0.3, 0.4) is 0 Å². The minimum atomic E-state index is 0.116. The van der Waals surface area contributed by atoms with Crippen LogP contribution in [0.5, 0.6) is 0 Å². The number of hydrogen-bond acceptors (Lipinski definition) is 4. The Bertz CT molecular complexity index is 480. The molecule has 2 aromatic rings. The van der Waals surface area contributed by atoms with E-state index >= 15 is 0 Å². The molecule has 0 spiro atoms. The van der Waals surface area contributed by atoms with Crippen LogP contribution in [0.15, 0.2) is 28.9 Å². The predicted molar refractivity (Wildman–Crippen MR) is 57.3 cm³/mol. The van der Waals surface area contributed by atoms with E-state index in [1.807, 2.05) is 13.0 Å². The molecule has 0 bridgehead atoms. The highest BCUT2D eigenvalue weighted by Gasteiger charge is 2.08. The highest BCUT2D eigenvalue weighted by molar-refractivity contribution is 5.19. The Kier molecular flexibility index (Phi) is 3.03. The first-order valence-electron chi connectivity index (χ1n) is 5.01. The molecule has 2 aromatic heterocycles. The molecule has 2 rings (SSSR count). The first kappa shape index (κ1) is 10.5. The van der Waals surface area contributed by atoms with E-state index in [0.717, 1.165) is 11.6 Å². The third-order valence-corrected chi connectivity index (χ3v) is 2.28. The van der Waals surface area contributed by atoms with Crippen molar-refractivity contribution < 1.29 is 4.42 Å². The third kappa shape index (κ3) is 2.30. The molecule has 2 heterocycles. The van der Waals surface area contributed by atoms with Crippen molar-refractivity contribution in [1.82, 2.24) is 15.3 Å². The maximum absolute atomic E-state index is 8.60. The highest BCUT2D eigenvalue weighted by Crippen LogP contribution is 2.10. The van der Waals surface area contributed by atoms with Crippen molar-refractivity contribution in [2.45, 2.75) is 19.5 Å². The molecule has 2 N–H and O–H groups in total. The van der Waals surface area contributed by atoms with E-state index in [1.165, 1.54) is 0 Å². The zero-order valence-electron chi connectivity index (χ0n) is 8.90. The number of imidazole rings is 1. The summed E-state index contributed by atoms with van der Waals surface area (Å²) in [5.41, 5.74) is 0. The van der Waals surface area contributed by atoms with Gasteiger partial charge < -0.3 is 14.7 Å². The number of nitrogens with zero attached hydrogens (tertiary/aromatic N) is 2. The van der Waals surface area contributed by atoms with Crippen molar-refractivity contribution >= 4 is 0 Å². The number of rotatable bonds is 4. The molecule has 0 aliphatic carbocycles.